The van der Waals surface area contributed by atoms with Crippen LogP contribution in [0.15, 0.2) is 0 Å². The molecule has 0 rings (SSSR count). The average molecular weight is 230 g/mol. The number of likely N-dealkylation sites (N-methyl/N-ethyl adjacent to an activating group) is 1. The van der Waals surface area contributed by atoms with E-state index in [1.807, 2.05) is 0 Å². The van der Waals surface area contributed by atoms with E-state index in [9.17, 15) is 0 Å². The monoisotopic (exact) mass is 230 g/mol. The SMILES string of the molecule is CCCCOCCNCCN(C)CC(C)C. The molecule has 0 fully saturated rings. The molecule has 0 atom stereocenters. The second-order valence-electron chi connectivity index (χ2n) is 4.87. The van der Waals surface area contributed by atoms with E-state index in [0.717, 1.165) is 38.8 Å². The Morgan fingerprint density at radius 1 is 1.19 bits per heavy atom. The van der Waals surface area contributed by atoms with Crippen LogP contribution < -0.4 is 5.32 Å². The summed E-state index contributed by atoms with van der Waals surface area (Å²) in [6.07, 6.45) is 2.39. The van der Waals surface area contributed by atoms with Gasteiger partial charge >= 0.3 is 0 Å². The van der Waals surface area contributed by atoms with Gasteiger partial charge in [0, 0.05) is 32.8 Å². The smallest absolute Gasteiger partial charge is 0.0590 e. The Kier molecular flexibility index (Phi) is 11.3. The van der Waals surface area contributed by atoms with E-state index in [2.05, 4.69) is 38.0 Å². The van der Waals surface area contributed by atoms with Crippen LogP contribution in [0, 0.1) is 5.92 Å². The van der Waals surface area contributed by atoms with Gasteiger partial charge in [0.15, 0.2) is 0 Å². The fourth-order valence-electron chi connectivity index (χ4n) is 1.60. The maximum absolute atomic E-state index is 5.47. The molecule has 3 heteroatoms. The summed E-state index contributed by atoms with van der Waals surface area (Å²) < 4.78 is 5.47. The summed E-state index contributed by atoms with van der Waals surface area (Å²) >= 11 is 0. The van der Waals surface area contributed by atoms with Crippen LogP contribution in [0.25, 0.3) is 0 Å². The van der Waals surface area contributed by atoms with Crippen LogP contribution in [0.2, 0.25) is 0 Å². The highest BCUT2D eigenvalue weighted by Gasteiger charge is 2.00. The van der Waals surface area contributed by atoms with E-state index in [4.69, 9.17) is 4.74 Å². The van der Waals surface area contributed by atoms with Gasteiger partial charge in [-0.25, -0.2) is 0 Å². The number of nitrogens with one attached hydrogen (secondary N) is 1. The van der Waals surface area contributed by atoms with Gasteiger partial charge in [0.2, 0.25) is 0 Å². The molecule has 98 valence electrons. The molecule has 0 aromatic heterocycles. The topological polar surface area (TPSA) is 24.5 Å². The van der Waals surface area contributed by atoms with E-state index in [0.29, 0.717) is 0 Å². The van der Waals surface area contributed by atoms with Crippen LogP contribution in [0.4, 0.5) is 0 Å². The summed E-state index contributed by atoms with van der Waals surface area (Å²) in [6.45, 7) is 12.8. The lowest BCUT2D eigenvalue weighted by atomic mass is 10.2. The molecule has 1 N–H and O–H groups in total. The largest absolute Gasteiger partial charge is 0.380 e. The molecular weight excluding hydrogens is 200 g/mol. The molecule has 16 heavy (non-hydrogen) atoms. The zero-order chi connectivity index (χ0) is 12.2. The molecule has 0 amide bonds. The first-order valence-electron chi connectivity index (χ1n) is 6.63. The van der Waals surface area contributed by atoms with Crippen molar-refractivity contribution in [1.29, 1.82) is 0 Å². The molecule has 0 heterocycles. The first-order valence-corrected chi connectivity index (χ1v) is 6.63. The van der Waals surface area contributed by atoms with Gasteiger partial charge in [0.25, 0.3) is 0 Å². The minimum absolute atomic E-state index is 0.752. The molecule has 0 aromatic carbocycles. The number of hydrogen-bond acceptors (Lipinski definition) is 3. The Morgan fingerprint density at radius 3 is 2.56 bits per heavy atom. The summed E-state index contributed by atoms with van der Waals surface area (Å²) in [6, 6.07) is 0. The lowest BCUT2D eigenvalue weighted by Gasteiger charge is -2.18. The second kappa shape index (κ2) is 11.4. The molecule has 0 radical (unpaired) electrons. The lowest BCUT2D eigenvalue weighted by molar-refractivity contribution is 0.132. The fourth-order valence-corrected chi connectivity index (χ4v) is 1.60. The maximum atomic E-state index is 5.47. The predicted molar refractivity (Wildman–Crippen MR) is 70.9 cm³/mol. The number of nitrogens with zero attached hydrogens (tertiary/aromatic N) is 1. The van der Waals surface area contributed by atoms with Crippen molar-refractivity contribution in [2.45, 2.75) is 33.6 Å². The standard InChI is InChI=1S/C13H30N2O/c1-5-6-10-16-11-8-14-7-9-15(4)12-13(2)3/h13-14H,5-12H2,1-4H3. The van der Waals surface area contributed by atoms with Gasteiger partial charge in [0.05, 0.1) is 6.61 Å². The van der Waals surface area contributed by atoms with Crippen LogP contribution in [-0.4, -0.2) is 51.3 Å². The third-order valence-corrected chi connectivity index (χ3v) is 2.41. The molecule has 0 aliphatic heterocycles. The van der Waals surface area contributed by atoms with Crippen LogP contribution in [0.3, 0.4) is 0 Å². The minimum Gasteiger partial charge on any atom is -0.380 e. The first kappa shape index (κ1) is 15.9. The highest BCUT2D eigenvalue weighted by atomic mass is 16.5. The molecule has 0 aromatic rings. The van der Waals surface area contributed by atoms with Crippen molar-refractivity contribution in [2.75, 3.05) is 46.4 Å². The van der Waals surface area contributed by atoms with E-state index < -0.39 is 0 Å². The number of unbranched alkanes of at least 4 members (excludes halogenated alkanes) is 1. The fraction of sp³-hybridized carbons (Fsp3) is 1.00. The van der Waals surface area contributed by atoms with Crippen molar-refractivity contribution < 1.29 is 4.74 Å². The lowest BCUT2D eigenvalue weighted by Crippen LogP contribution is -2.33. The molecular formula is C13H30N2O. The summed E-state index contributed by atoms with van der Waals surface area (Å²) in [5.74, 6) is 0.752. The van der Waals surface area contributed by atoms with Crippen molar-refractivity contribution in [2.24, 2.45) is 5.92 Å². The van der Waals surface area contributed by atoms with Crippen molar-refractivity contribution in [3.05, 3.63) is 0 Å². The first-order chi connectivity index (χ1) is 7.66. The molecule has 0 saturated carbocycles. The third kappa shape index (κ3) is 12.0. The molecule has 0 aliphatic rings. The van der Waals surface area contributed by atoms with Crippen LogP contribution in [0.5, 0.6) is 0 Å². The number of rotatable bonds is 11. The molecule has 0 spiro atoms. The summed E-state index contributed by atoms with van der Waals surface area (Å²) in [7, 11) is 2.18. The van der Waals surface area contributed by atoms with Gasteiger partial charge in [-0.05, 0) is 19.4 Å². The van der Waals surface area contributed by atoms with Crippen molar-refractivity contribution >= 4 is 0 Å². The van der Waals surface area contributed by atoms with Crippen LogP contribution >= 0.6 is 0 Å². The molecule has 0 bridgehead atoms. The summed E-state index contributed by atoms with van der Waals surface area (Å²) in [4.78, 5) is 2.37. The molecule has 3 nitrogen and oxygen atoms in total. The zero-order valence-corrected chi connectivity index (χ0v) is 11.6. The van der Waals surface area contributed by atoms with E-state index >= 15 is 0 Å². The minimum atomic E-state index is 0.752. The Morgan fingerprint density at radius 2 is 1.94 bits per heavy atom. The second-order valence-corrected chi connectivity index (χ2v) is 4.87. The van der Waals surface area contributed by atoms with E-state index in [1.54, 1.807) is 0 Å². The highest BCUT2D eigenvalue weighted by Crippen LogP contribution is 1.94. The van der Waals surface area contributed by atoms with Gasteiger partial charge in [-0.2, -0.15) is 0 Å². The number of ether oxygens (including phenoxy) is 1. The maximum Gasteiger partial charge on any atom is 0.0590 e. The van der Waals surface area contributed by atoms with E-state index in [-0.39, 0.29) is 0 Å². The van der Waals surface area contributed by atoms with E-state index in [1.165, 1.54) is 19.4 Å². The highest BCUT2D eigenvalue weighted by molar-refractivity contribution is 4.57. The van der Waals surface area contributed by atoms with Crippen LogP contribution in [-0.2, 0) is 4.74 Å². The van der Waals surface area contributed by atoms with Gasteiger partial charge in [0.1, 0.15) is 0 Å². The Labute approximate surface area is 102 Å². The van der Waals surface area contributed by atoms with Gasteiger partial charge < -0.3 is 15.0 Å². The van der Waals surface area contributed by atoms with Crippen molar-refractivity contribution in [3.8, 4) is 0 Å². The molecule has 0 saturated heterocycles. The van der Waals surface area contributed by atoms with Crippen molar-refractivity contribution in [1.82, 2.24) is 10.2 Å². The third-order valence-electron chi connectivity index (χ3n) is 2.41. The zero-order valence-electron chi connectivity index (χ0n) is 11.6. The normalized spacial score (nSPS) is 11.6. The summed E-state index contributed by atoms with van der Waals surface area (Å²) in [5, 5.41) is 3.40. The number of hydrogen-bond donors (Lipinski definition) is 1. The Hall–Kier alpha value is -0.120. The Balaban J connectivity index is 3.08. The summed E-state index contributed by atoms with van der Waals surface area (Å²) in [5.41, 5.74) is 0. The van der Waals surface area contributed by atoms with Gasteiger partial charge in [-0.3, -0.25) is 0 Å². The average Bonchev–Trinajstić information content (AvgIpc) is 2.21. The predicted octanol–water partition coefficient (Wildman–Crippen LogP) is 1.98. The van der Waals surface area contributed by atoms with Crippen LogP contribution in [0.1, 0.15) is 33.6 Å². The van der Waals surface area contributed by atoms with Gasteiger partial charge in [-0.15, -0.1) is 0 Å². The Bertz CT molecular complexity index is 140. The van der Waals surface area contributed by atoms with Gasteiger partial charge in [-0.1, -0.05) is 27.2 Å². The molecule has 0 aliphatic carbocycles. The van der Waals surface area contributed by atoms with Crippen molar-refractivity contribution in [3.63, 3.8) is 0 Å². The quantitative estimate of drug-likeness (QED) is 0.549. The molecule has 0 unspecified atom stereocenters.